The molecule has 0 saturated carbocycles. The van der Waals surface area contributed by atoms with E-state index in [2.05, 4.69) is 22.8 Å². The highest BCUT2D eigenvalue weighted by molar-refractivity contribution is 6.04. The summed E-state index contributed by atoms with van der Waals surface area (Å²) in [6.07, 6.45) is 4.06. The number of carbonyl (C=O) groups is 3. The summed E-state index contributed by atoms with van der Waals surface area (Å²) in [7, 11) is 1.61. The molecule has 1 aliphatic carbocycles. The third kappa shape index (κ3) is 4.93. The summed E-state index contributed by atoms with van der Waals surface area (Å²) in [5.74, 6) is 0.406. The molecule has 4 rings (SSSR count). The smallest absolute Gasteiger partial charge is 0.324 e. The first-order valence-corrected chi connectivity index (χ1v) is 11.2. The van der Waals surface area contributed by atoms with E-state index >= 15 is 0 Å². The van der Waals surface area contributed by atoms with Crippen molar-refractivity contribution in [2.45, 2.75) is 50.6 Å². The summed E-state index contributed by atoms with van der Waals surface area (Å²) < 4.78 is 5.15. The minimum absolute atomic E-state index is 0.0160. The first-order valence-electron chi connectivity index (χ1n) is 11.2. The Hall–Kier alpha value is -3.35. The van der Waals surface area contributed by atoms with E-state index in [9.17, 15) is 14.4 Å². The second kappa shape index (κ2) is 9.85. The van der Waals surface area contributed by atoms with Gasteiger partial charge in [-0.3, -0.25) is 14.5 Å². The molecule has 0 radical (unpaired) electrons. The van der Waals surface area contributed by atoms with Gasteiger partial charge in [0.2, 0.25) is 5.91 Å². The van der Waals surface area contributed by atoms with Gasteiger partial charge < -0.3 is 15.4 Å². The molecule has 1 heterocycles. The van der Waals surface area contributed by atoms with Gasteiger partial charge in [0.05, 0.1) is 13.2 Å². The van der Waals surface area contributed by atoms with Crippen molar-refractivity contribution in [3.05, 3.63) is 65.2 Å². The van der Waals surface area contributed by atoms with Gasteiger partial charge in [-0.2, -0.15) is 0 Å². The molecule has 1 saturated heterocycles. The minimum Gasteiger partial charge on any atom is -0.497 e. The molecule has 1 fully saturated rings. The molecule has 1 aliphatic heterocycles. The molecule has 0 bridgehead atoms. The molecule has 32 heavy (non-hydrogen) atoms. The zero-order valence-corrected chi connectivity index (χ0v) is 18.3. The van der Waals surface area contributed by atoms with E-state index in [1.807, 2.05) is 36.4 Å². The van der Waals surface area contributed by atoms with Gasteiger partial charge in [0.25, 0.3) is 5.91 Å². The predicted molar refractivity (Wildman–Crippen MR) is 120 cm³/mol. The van der Waals surface area contributed by atoms with Crippen LogP contribution in [0.2, 0.25) is 0 Å². The van der Waals surface area contributed by atoms with Gasteiger partial charge in [-0.15, -0.1) is 0 Å². The predicted octanol–water partition coefficient (Wildman–Crippen LogP) is 3.13. The van der Waals surface area contributed by atoms with E-state index in [0.717, 1.165) is 30.6 Å². The normalized spacial score (nSPS) is 20.0. The largest absolute Gasteiger partial charge is 0.497 e. The van der Waals surface area contributed by atoms with E-state index < -0.39 is 12.1 Å². The molecular weight excluding hydrogens is 406 g/mol. The monoisotopic (exact) mass is 435 g/mol. The Labute approximate surface area is 188 Å². The lowest BCUT2D eigenvalue weighted by Gasteiger charge is -2.26. The summed E-state index contributed by atoms with van der Waals surface area (Å²) >= 11 is 0. The number of fused-ring (bicyclic) bond motifs is 1. The van der Waals surface area contributed by atoms with Crippen molar-refractivity contribution in [3.8, 4) is 5.75 Å². The number of carbonyl (C=O) groups excluding carboxylic acids is 3. The highest BCUT2D eigenvalue weighted by atomic mass is 16.5. The number of ether oxygens (including phenoxy) is 1. The van der Waals surface area contributed by atoms with Crippen molar-refractivity contribution >= 4 is 17.8 Å². The van der Waals surface area contributed by atoms with Crippen LogP contribution < -0.4 is 15.4 Å². The van der Waals surface area contributed by atoms with E-state index in [1.165, 1.54) is 16.0 Å². The van der Waals surface area contributed by atoms with Gasteiger partial charge in [0.15, 0.2) is 0 Å². The van der Waals surface area contributed by atoms with Crippen molar-refractivity contribution < 1.29 is 19.1 Å². The molecule has 2 aromatic carbocycles. The van der Waals surface area contributed by atoms with Crippen LogP contribution in [0.4, 0.5) is 4.79 Å². The molecule has 4 amide bonds. The van der Waals surface area contributed by atoms with Crippen molar-refractivity contribution in [2.75, 3.05) is 13.7 Å². The number of nitrogens with zero attached hydrogens (tertiary/aromatic N) is 1. The van der Waals surface area contributed by atoms with Crippen LogP contribution in [0, 0.1) is 0 Å². The molecular formula is C25H29N3O4. The summed E-state index contributed by atoms with van der Waals surface area (Å²) in [6, 6.07) is 14.7. The summed E-state index contributed by atoms with van der Waals surface area (Å²) in [5.41, 5.74) is 3.49. The molecule has 7 nitrogen and oxygen atoms in total. The third-order valence-electron chi connectivity index (χ3n) is 6.25. The highest BCUT2D eigenvalue weighted by Crippen LogP contribution is 2.29. The average molecular weight is 436 g/mol. The number of rotatable bonds is 8. The first-order chi connectivity index (χ1) is 15.5. The second-order valence-corrected chi connectivity index (χ2v) is 8.34. The van der Waals surface area contributed by atoms with Crippen LogP contribution in [0.5, 0.6) is 5.75 Å². The Bertz CT molecular complexity index is 989. The average Bonchev–Trinajstić information content (AvgIpc) is 3.09. The molecule has 2 N–H and O–H groups in total. The lowest BCUT2D eigenvalue weighted by molar-refractivity contribution is -0.127. The quantitative estimate of drug-likeness (QED) is 0.624. The number of hydrogen-bond acceptors (Lipinski definition) is 4. The molecule has 0 spiro atoms. The van der Waals surface area contributed by atoms with Crippen molar-refractivity contribution in [1.82, 2.24) is 15.5 Å². The number of urea groups is 1. The maximum atomic E-state index is 12.7. The van der Waals surface area contributed by atoms with Crippen LogP contribution in [-0.2, 0) is 22.4 Å². The minimum atomic E-state index is -0.650. The summed E-state index contributed by atoms with van der Waals surface area (Å²) in [4.78, 5) is 38.8. The first kappa shape index (κ1) is 21.9. The standard InChI is InChI=1S/C25H29N3O4/c1-32-19-11-9-17(10-12-19)15-16-28-24(30)22(27-25(28)31)13-14-23(29)26-21-8-4-6-18-5-2-3-7-20(18)21/h2-3,5,7,9-12,21-22H,4,6,8,13-16H2,1H3,(H,26,29)(H,27,31)/t21-,22+/m0/s1. The fourth-order valence-electron chi connectivity index (χ4n) is 4.46. The number of methoxy groups -OCH3 is 1. The van der Waals surface area contributed by atoms with Crippen LogP contribution >= 0.6 is 0 Å². The number of nitrogens with one attached hydrogen (secondary N) is 2. The number of imide groups is 1. The van der Waals surface area contributed by atoms with Gasteiger partial charge in [-0.1, -0.05) is 36.4 Å². The van der Waals surface area contributed by atoms with Crippen LogP contribution in [0.3, 0.4) is 0 Å². The topological polar surface area (TPSA) is 87.7 Å². The number of hydrogen-bond donors (Lipinski definition) is 2. The second-order valence-electron chi connectivity index (χ2n) is 8.34. The Morgan fingerprint density at radius 3 is 2.72 bits per heavy atom. The van der Waals surface area contributed by atoms with Gasteiger partial charge in [0, 0.05) is 13.0 Å². The molecule has 2 aromatic rings. The van der Waals surface area contributed by atoms with E-state index in [0.29, 0.717) is 19.4 Å². The Balaban J connectivity index is 1.26. The SMILES string of the molecule is COc1ccc(CCN2C(=O)N[C@H](CCC(=O)N[C@H]3CCCc4ccccc43)C2=O)cc1. The Morgan fingerprint density at radius 1 is 1.16 bits per heavy atom. The van der Waals surface area contributed by atoms with Gasteiger partial charge >= 0.3 is 6.03 Å². The van der Waals surface area contributed by atoms with Crippen molar-refractivity contribution in [1.29, 1.82) is 0 Å². The van der Waals surface area contributed by atoms with Gasteiger partial charge in [0.1, 0.15) is 11.8 Å². The lowest BCUT2D eigenvalue weighted by atomic mass is 9.87. The maximum absolute atomic E-state index is 12.7. The van der Waals surface area contributed by atoms with Gasteiger partial charge in [-0.25, -0.2) is 4.79 Å². The van der Waals surface area contributed by atoms with Crippen LogP contribution in [0.1, 0.15) is 48.4 Å². The maximum Gasteiger partial charge on any atom is 0.324 e. The van der Waals surface area contributed by atoms with Gasteiger partial charge in [-0.05, 0) is 60.9 Å². The van der Waals surface area contributed by atoms with Crippen molar-refractivity contribution in [3.63, 3.8) is 0 Å². The lowest BCUT2D eigenvalue weighted by Crippen LogP contribution is -2.35. The van der Waals surface area contributed by atoms with E-state index in [1.54, 1.807) is 7.11 Å². The van der Waals surface area contributed by atoms with Crippen LogP contribution in [-0.4, -0.2) is 42.4 Å². The fraction of sp³-hybridized carbons (Fsp3) is 0.400. The fourth-order valence-corrected chi connectivity index (χ4v) is 4.46. The summed E-state index contributed by atoms with van der Waals surface area (Å²) in [6.45, 7) is 0.304. The number of amides is 4. The molecule has 2 aliphatic rings. The van der Waals surface area contributed by atoms with Crippen molar-refractivity contribution in [2.24, 2.45) is 0 Å². The summed E-state index contributed by atoms with van der Waals surface area (Å²) in [5, 5.41) is 5.83. The number of benzene rings is 2. The zero-order valence-electron chi connectivity index (χ0n) is 18.3. The highest BCUT2D eigenvalue weighted by Gasteiger charge is 2.37. The Kier molecular flexibility index (Phi) is 6.73. The van der Waals surface area contributed by atoms with Crippen LogP contribution in [0.25, 0.3) is 0 Å². The van der Waals surface area contributed by atoms with E-state index in [-0.39, 0.29) is 24.3 Å². The molecule has 2 atom stereocenters. The molecule has 7 heteroatoms. The molecule has 168 valence electrons. The zero-order chi connectivity index (χ0) is 22.5. The molecule has 0 unspecified atom stereocenters. The molecule has 0 aromatic heterocycles. The Morgan fingerprint density at radius 2 is 1.94 bits per heavy atom. The van der Waals surface area contributed by atoms with E-state index in [4.69, 9.17) is 4.74 Å². The van der Waals surface area contributed by atoms with Crippen LogP contribution in [0.15, 0.2) is 48.5 Å². The third-order valence-corrected chi connectivity index (χ3v) is 6.25. The number of aryl methyl sites for hydroxylation is 1.